The number of carbonyl (C=O) groups excluding carboxylic acids is 3. The van der Waals surface area contributed by atoms with Crippen LogP contribution in [0.15, 0.2) is 54.6 Å². The molecule has 50 heavy (non-hydrogen) atoms. The number of nitrogens with zero attached hydrogens (tertiary/aromatic N) is 2. The van der Waals surface area contributed by atoms with Gasteiger partial charge in [-0.1, -0.05) is 48.5 Å². The van der Waals surface area contributed by atoms with E-state index in [0.29, 0.717) is 36.6 Å². The maximum Gasteiger partial charge on any atom is 0.274 e. The lowest BCUT2D eigenvalue weighted by Crippen LogP contribution is -2.58. The zero-order valence-corrected chi connectivity index (χ0v) is 29.7. The lowest BCUT2D eigenvalue weighted by Gasteiger charge is -2.30. The number of benzene rings is 2. The van der Waals surface area contributed by atoms with Crippen LogP contribution in [0.1, 0.15) is 70.3 Å². The van der Waals surface area contributed by atoms with Gasteiger partial charge in [0.2, 0.25) is 21.8 Å². The summed E-state index contributed by atoms with van der Waals surface area (Å²) in [6.07, 6.45) is 8.13. The van der Waals surface area contributed by atoms with E-state index in [1.807, 2.05) is 37.3 Å². The lowest BCUT2D eigenvalue weighted by atomic mass is 10.0. The van der Waals surface area contributed by atoms with Crippen LogP contribution in [0, 0.1) is 18.7 Å². The highest BCUT2D eigenvalue weighted by atomic mass is 32.2. The van der Waals surface area contributed by atoms with E-state index in [1.165, 1.54) is 28.4 Å². The summed E-state index contributed by atoms with van der Waals surface area (Å²) in [5.41, 5.74) is 0.851. The Kier molecular flexibility index (Phi) is 9.12. The summed E-state index contributed by atoms with van der Waals surface area (Å²) in [7, 11) is -3.95. The number of hydrogen-bond donors (Lipinski definition) is 3. The maximum atomic E-state index is 14.4. The minimum Gasteiger partial charge on any atom is -0.465 e. The van der Waals surface area contributed by atoms with E-state index in [4.69, 9.17) is 4.74 Å². The number of carbonyl (C=O) groups is 3. The molecule has 3 amide bonds. The number of thiazole rings is 1. The molecule has 14 heteroatoms. The Labute approximate surface area is 295 Å². The van der Waals surface area contributed by atoms with E-state index in [1.54, 1.807) is 19.1 Å². The molecule has 5 atom stereocenters. The fourth-order valence-corrected chi connectivity index (χ4v) is 9.22. The quantitative estimate of drug-likeness (QED) is 0.290. The summed E-state index contributed by atoms with van der Waals surface area (Å²) in [4.78, 5) is 48.6. The van der Waals surface area contributed by atoms with Crippen molar-refractivity contribution in [1.29, 1.82) is 0 Å². The number of hydrogen-bond acceptors (Lipinski definition) is 9. The monoisotopic (exact) mass is 723 g/mol. The van der Waals surface area contributed by atoms with Gasteiger partial charge in [0.05, 0.1) is 21.5 Å². The fraction of sp³-hybridized carbons (Fsp3) is 0.500. The summed E-state index contributed by atoms with van der Waals surface area (Å²) in [5.74, 6) is -2.51. The van der Waals surface area contributed by atoms with Crippen molar-refractivity contribution in [3.63, 3.8) is 0 Å². The van der Waals surface area contributed by atoms with Gasteiger partial charge in [-0.05, 0) is 88.3 Å². The zero-order chi connectivity index (χ0) is 35.3. The van der Waals surface area contributed by atoms with Crippen LogP contribution in [0.5, 0.6) is 5.19 Å². The van der Waals surface area contributed by atoms with Crippen molar-refractivity contribution in [2.24, 2.45) is 5.92 Å². The number of nitrogens with one attached hydrogen (secondary N) is 3. The summed E-state index contributed by atoms with van der Waals surface area (Å²) >= 11 is 1.38. The number of amides is 3. The van der Waals surface area contributed by atoms with Crippen molar-refractivity contribution < 1.29 is 31.9 Å². The first-order chi connectivity index (χ1) is 23.9. The molecular formula is C36H42FN5O6S2. The molecule has 2 aromatic carbocycles. The molecule has 3 heterocycles. The molecule has 2 aliphatic heterocycles. The smallest absolute Gasteiger partial charge is 0.274 e. The number of ether oxygens (including phenoxy) is 1. The first kappa shape index (κ1) is 34.4. The Morgan fingerprint density at radius 2 is 1.96 bits per heavy atom. The molecule has 4 aliphatic rings. The Morgan fingerprint density at radius 3 is 2.74 bits per heavy atom. The second-order valence-corrected chi connectivity index (χ2v) is 17.6. The van der Waals surface area contributed by atoms with Crippen LogP contribution in [0.4, 0.5) is 10.1 Å². The van der Waals surface area contributed by atoms with Crippen LogP contribution in [-0.2, 0) is 24.4 Å². The fourth-order valence-electron chi connectivity index (χ4n) is 6.93. The van der Waals surface area contributed by atoms with E-state index in [0.717, 1.165) is 35.0 Å². The molecule has 0 bridgehead atoms. The molecule has 1 saturated heterocycles. The van der Waals surface area contributed by atoms with E-state index < -0.39 is 62.0 Å². The van der Waals surface area contributed by atoms with Gasteiger partial charge in [-0.25, -0.2) is 17.8 Å². The van der Waals surface area contributed by atoms with Gasteiger partial charge in [-0.15, -0.1) is 0 Å². The Bertz CT molecular complexity index is 1960. The molecular weight excluding hydrogens is 682 g/mol. The molecule has 2 saturated carbocycles. The first-order valence-electron chi connectivity index (χ1n) is 17.3. The van der Waals surface area contributed by atoms with E-state index in [9.17, 15) is 27.2 Å². The highest BCUT2D eigenvalue weighted by Crippen LogP contribution is 2.47. The third-order valence-electron chi connectivity index (χ3n) is 10.4. The third kappa shape index (κ3) is 6.96. The SMILES string of the molecule is Cc1ccc2nc(O[C@@H]3C[C@H]4C(=O)N[C@]5(C(=O)NS(=O)(=O)C6(C)CC6)C[C@H]5C=CCCCCC[C@H](Nc5cccc(F)c5)C(=O)N4C3)sc2c1. The minimum atomic E-state index is -3.95. The van der Waals surface area contributed by atoms with E-state index >= 15 is 0 Å². The van der Waals surface area contributed by atoms with Gasteiger partial charge in [0, 0.05) is 18.0 Å². The van der Waals surface area contributed by atoms with Crippen molar-refractivity contribution in [1.82, 2.24) is 19.9 Å². The van der Waals surface area contributed by atoms with Crippen molar-refractivity contribution in [3.05, 3.63) is 66.0 Å². The predicted octanol–water partition coefficient (Wildman–Crippen LogP) is 4.97. The molecule has 0 spiro atoms. The predicted molar refractivity (Wildman–Crippen MR) is 189 cm³/mol. The van der Waals surface area contributed by atoms with Crippen LogP contribution in [0.25, 0.3) is 10.2 Å². The maximum absolute atomic E-state index is 14.4. The van der Waals surface area contributed by atoms with Crippen LogP contribution in [0.3, 0.4) is 0 Å². The molecule has 266 valence electrons. The van der Waals surface area contributed by atoms with Gasteiger partial charge in [0.15, 0.2) is 0 Å². The molecule has 2 aliphatic carbocycles. The van der Waals surface area contributed by atoms with Crippen LogP contribution >= 0.6 is 11.3 Å². The number of anilines is 1. The van der Waals surface area contributed by atoms with Gasteiger partial charge < -0.3 is 20.3 Å². The van der Waals surface area contributed by atoms with Crippen LogP contribution in [-0.4, -0.2) is 71.0 Å². The van der Waals surface area contributed by atoms with E-state index in [2.05, 4.69) is 20.3 Å². The molecule has 7 rings (SSSR count). The number of allylic oxidation sites excluding steroid dienone is 1. The molecule has 0 unspecified atom stereocenters. The standard InChI is InChI=1S/C36H42FN5O6S2/c1-22-13-14-27-30(17-22)49-34(39-27)48-26-19-29-31(43)40-36(33(45)41-50(46,47)35(2)15-16-35)20-23(36)9-6-4-3-5-7-12-28(32(44)42(29)21-26)38-25-11-8-10-24(37)18-25/h6,8-11,13-14,17-18,23,26,28-29,38H,3-5,7,12,15-16,19-21H2,1-2H3,(H,40,43)(H,41,45)/t23-,26-,28+,29+,36-/m1/s1. The van der Waals surface area contributed by atoms with Gasteiger partial charge >= 0.3 is 0 Å². The van der Waals surface area contributed by atoms with Crippen molar-refractivity contribution >= 4 is 55.0 Å². The molecule has 3 fully saturated rings. The zero-order valence-electron chi connectivity index (χ0n) is 28.1. The average molecular weight is 724 g/mol. The van der Waals surface area contributed by atoms with Crippen molar-refractivity contribution in [2.45, 2.75) is 100 Å². The second-order valence-electron chi connectivity index (χ2n) is 14.4. The number of aromatic nitrogens is 1. The third-order valence-corrected chi connectivity index (χ3v) is 13.5. The Morgan fingerprint density at radius 1 is 1.14 bits per heavy atom. The highest BCUT2D eigenvalue weighted by Gasteiger charge is 2.63. The molecule has 3 N–H and O–H groups in total. The van der Waals surface area contributed by atoms with Gasteiger partial charge in [-0.3, -0.25) is 19.1 Å². The summed E-state index contributed by atoms with van der Waals surface area (Å²) in [6, 6.07) is 10.0. The van der Waals surface area contributed by atoms with Crippen LogP contribution in [0.2, 0.25) is 0 Å². The normalized spacial score (nSPS) is 28.1. The topological polar surface area (TPSA) is 147 Å². The largest absolute Gasteiger partial charge is 0.465 e. The van der Waals surface area contributed by atoms with E-state index in [-0.39, 0.29) is 25.3 Å². The highest BCUT2D eigenvalue weighted by molar-refractivity contribution is 7.91. The molecule has 3 aromatic rings. The van der Waals surface area contributed by atoms with Crippen molar-refractivity contribution in [3.8, 4) is 5.19 Å². The lowest BCUT2D eigenvalue weighted by molar-refractivity contribution is -0.140. The number of aryl methyl sites for hydroxylation is 1. The molecule has 11 nitrogen and oxygen atoms in total. The first-order valence-corrected chi connectivity index (χ1v) is 19.6. The molecule has 0 radical (unpaired) electrons. The average Bonchev–Trinajstić information content (AvgIpc) is 3.88. The Balaban J connectivity index is 1.19. The number of halogens is 1. The number of fused-ring (bicyclic) bond motifs is 3. The second kappa shape index (κ2) is 13.3. The number of sulfonamides is 1. The van der Waals surface area contributed by atoms with Gasteiger partial charge in [-0.2, -0.15) is 0 Å². The Hall–Kier alpha value is -4.04. The summed E-state index contributed by atoms with van der Waals surface area (Å²) < 4.78 is 48.8. The van der Waals surface area contributed by atoms with Crippen LogP contribution < -0.4 is 20.1 Å². The molecule has 1 aromatic heterocycles. The number of rotatable bonds is 7. The van der Waals surface area contributed by atoms with Gasteiger partial charge in [0.1, 0.15) is 29.5 Å². The summed E-state index contributed by atoms with van der Waals surface area (Å²) in [5, 5.41) is 6.54. The summed E-state index contributed by atoms with van der Waals surface area (Å²) in [6.45, 7) is 3.68. The minimum absolute atomic E-state index is 0.0858. The van der Waals surface area contributed by atoms with Crippen molar-refractivity contribution in [2.75, 3.05) is 11.9 Å². The van der Waals surface area contributed by atoms with Gasteiger partial charge in [0.25, 0.3) is 11.1 Å².